The quantitative estimate of drug-likeness (QED) is 0.721. The molecular formula is C15H31ClN2O. The van der Waals surface area contributed by atoms with Gasteiger partial charge in [-0.2, -0.15) is 0 Å². The molecule has 0 aromatic heterocycles. The fourth-order valence-electron chi connectivity index (χ4n) is 2.90. The van der Waals surface area contributed by atoms with Crippen LogP contribution in [0.15, 0.2) is 0 Å². The molecular weight excluding hydrogens is 260 g/mol. The summed E-state index contributed by atoms with van der Waals surface area (Å²) < 4.78 is 0. The van der Waals surface area contributed by atoms with Crippen molar-refractivity contribution in [2.24, 2.45) is 17.6 Å². The standard InChI is InChI=1S/C15H30N2O.ClH/c1-3-4-9-14(11-16)17-15(18)12(2)10-13-7-5-6-8-13;/h12-14H,3-11,16H2,1-2H3,(H,17,18);1H. The average molecular weight is 291 g/mol. The van der Waals surface area contributed by atoms with Crippen molar-refractivity contribution >= 4 is 18.3 Å². The fourth-order valence-corrected chi connectivity index (χ4v) is 2.90. The van der Waals surface area contributed by atoms with Gasteiger partial charge in [0, 0.05) is 18.5 Å². The van der Waals surface area contributed by atoms with Crippen molar-refractivity contribution in [1.82, 2.24) is 5.32 Å². The number of amides is 1. The SMILES string of the molecule is CCCCC(CN)NC(=O)C(C)CC1CCCC1.Cl. The summed E-state index contributed by atoms with van der Waals surface area (Å²) in [6.07, 6.45) is 9.68. The van der Waals surface area contributed by atoms with Gasteiger partial charge in [-0.1, -0.05) is 52.4 Å². The third-order valence-corrected chi connectivity index (χ3v) is 4.15. The summed E-state index contributed by atoms with van der Waals surface area (Å²) in [5.74, 6) is 1.12. The number of carbonyl (C=O) groups excluding carboxylic acids is 1. The van der Waals surface area contributed by atoms with Crippen molar-refractivity contribution in [3.8, 4) is 0 Å². The smallest absolute Gasteiger partial charge is 0.223 e. The van der Waals surface area contributed by atoms with Crippen molar-refractivity contribution in [2.45, 2.75) is 71.3 Å². The van der Waals surface area contributed by atoms with Crippen LogP contribution in [0.3, 0.4) is 0 Å². The summed E-state index contributed by atoms with van der Waals surface area (Å²) in [5.41, 5.74) is 5.71. The Hall–Kier alpha value is -0.280. The van der Waals surface area contributed by atoms with Crippen LogP contribution in [0.25, 0.3) is 0 Å². The van der Waals surface area contributed by atoms with E-state index in [-0.39, 0.29) is 30.3 Å². The molecule has 0 heterocycles. The molecule has 4 heteroatoms. The van der Waals surface area contributed by atoms with Gasteiger partial charge in [0.2, 0.25) is 5.91 Å². The predicted octanol–water partition coefficient (Wildman–Crippen LogP) is 3.26. The van der Waals surface area contributed by atoms with Crippen molar-refractivity contribution < 1.29 is 4.79 Å². The molecule has 2 atom stereocenters. The maximum atomic E-state index is 12.1. The van der Waals surface area contributed by atoms with Crippen LogP contribution in [0.5, 0.6) is 0 Å². The Labute approximate surface area is 124 Å². The number of nitrogens with one attached hydrogen (secondary N) is 1. The van der Waals surface area contributed by atoms with Crippen LogP contribution >= 0.6 is 12.4 Å². The van der Waals surface area contributed by atoms with Gasteiger partial charge in [-0.05, 0) is 18.8 Å². The lowest BCUT2D eigenvalue weighted by molar-refractivity contribution is -0.125. The van der Waals surface area contributed by atoms with Gasteiger partial charge in [0.1, 0.15) is 0 Å². The molecule has 0 aliphatic heterocycles. The first-order chi connectivity index (χ1) is 8.67. The normalized spacial score (nSPS) is 18.7. The largest absolute Gasteiger partial charge is 0.352 e. The highest BCUT2D eigenvalue weighted by Crippen LogP contribution is 2.30. The highest BCUT2D eigenvalue weighted by atomic mass is 35.5. The fraction of sp³-hybridized carbons (Fsp3) is 0.933. The van der Waals surface area contributed by atoms with E-state index in [9.17, 15) is 4.79 Å². The number of unbranched alkanes of at least 4 members (excludes halogenated alkanes) is 1. The maximum absolute atomic E-state index is 12.1. The van der Waals surface area contributed by atoms with E-state index >= 15 is 0 Å². The van der Waals surface area contributed by atoms with E-state index in [1.165, 1.54) is 25.7 Å². The van der Waals surface area contributed by atoms with Crippen LogP contribution in [0, 0.1) is 11.8 Å². The molecule has 1 amide bonds. The zero-order valence-electron chi connectivity index (χ0n) is 12.5. The molecule has 1 fully saturated rings. The second-order valence-electron chi connectivity index (χ2n) is 5.87. The lowest BCUT2D eigenvalue weighted by Gasteiger charge is -2.21. The van der Waals surface area contributed by atoms with Gasteiger partial charge in [0.15, 0.2) is 0 Å². The monoisotopic (exact) mass is 290 g/mol. The van der Waals surface area contributed by atoms with Crippen molar-refractivity contribution in [1.29, 1.82) is 0 Å². The van der Waals surface area contributed by atoms with E-state index in [1.807, 2.05) is 0 Å². The molecule has 1 aliphatic rings. The number of carbonyl (C=O) groups is 1. The maximum Gasteiger partial charge on any atom is 0.223 e. The molecule has 114 valence electrons. The van der Waals surface area contributed by atoms with Gasteiger partial charge < -0.3 is 11.1 Å². The molecule has 3 N–H and O–H groups in total. The minimum Gasteiger partial charge on any atom is -0.352 e. The third kappa shape index (κ3) is 7.17. The van der Waals surface area contributed by atoms with Crippen molar-refractivity contribution in [2.75, 3.05) is 6.54 Å². The third-order valence-electron chi connectivity index (χ3n) is 4.15. The van der Waals surface area contributed by atoms with Gasteiger partial charge in [0.05, 0.1) is 0 Å². The molecule has 0 aromatic rings. The highest BCUT2D eigenvalue weighted by Gasteiger charge is 2.22. The summed E-state index contributed by atoms with van der Waals surface area (Å²) in [7, 11) is 0. The molecule has 0 aromatic carbocycles. The van der Waals surface area contributed by atoms with Crippen LogP contribution in [0.2, 0.25) is 0 Å². The second-order valence-corrected chi connectivity index (χ2v) is 5.87. The van der Waals surface area contributed by atoms with Crippen LogP contribution in [-0.4, -0.2) is 18.5 Å². The van der Waals surface area contributed by atoms with Crippen LogP contribution in [0.4, 0.5) is 0 Å². The molecule has 1 saturated carbocycles. The Kier molecular flexibility index (Phi) is 10.3. The molecule has 0 spiro atoms. The Morgan fingerprint density at radius 3 is 2.53 bits per heavy atom. The van der Waals surface area contributed by atoms with E-state index in [0.29, 0.717) is 6.54 Å². The topological polar surface area (TPSA) is 55.1 Å². The molecule has 0 saturated heterocycles. The van der Waals surface area contributed by atoms with Crippen molar-refractivity contribution in [3.63, 3.8) is 0 Å². The average Bonchev–Trinajstić information content (AvgIpc) is 2.86. The van der Waals surface area contributed by atoms with Gasteiger partial charge in [0.25, 0.3) is 0 Å². The molecule has 0 bridgehead atoms. The number of hydrogen-bond acceptors (Lipinski definition) is 2. The zero-order chi connectivity index (χ0) is 13.4. The molecule has 1 rings (SSSR count). The van der Waals surface area contributed by atoms with E-state index < -0.39 is 0 Å². The van der Waals surface area contributed by atoms with Crippen LogP contribution in [-0.2, 0) is 4.79 Å². The van der Waals surface area contributed by atoms with E-state index in [4.69, 9.17) is 5.73 Å². The number of nitrogens with two attached hydrogens (primary N) is 1. The molecule has 1 aliphatic carbocycles. The summed E-state index contributed by atoms with van der Waals surface area (Å²) in [5, 5.41) is 3.11. The summed E-state index contributed by atoms with van der Waals surface area (Å²) >= 11 is 0. The summed E-state index contributed by atoms with van der Waals surface area (Å²) in [6.45, 7) is 4.78. The molecule has 0 radical (unpaired) electrons. The Bertz CT molecular complexity index is 242. The first kappa shape index (κ1) is 18.7. The number of halogens is 1. The minimum absolute atomic E-state index is 0. The van der Waals surface area contributed by atoms with E-state index in [2.05, 4.69) is 19.2 Å². The number of hydrogen-bond donors (Lipinski definition) is 2. The molecule has 2 unspecified atom stereocenters. The predicted molar refractivity (Wildman–Crippen MR) is 83.5 cm³/mol. The minimum atomic E-state index is 0. The first-order valence-electron chi connectivity index (χ1n) is 7.67. The van der Waals surface area contributed by atoms with E-state index in [0.717, 1.165) is 31.6 Å². The van der Waals surface area contributed by atoms with Crippen LogP contribution in [0.1, 0.15) is 65.2 Å². The van der Waals surface area contributed by atoms with Gasteiger partial charge in [-0.3, -0.25) is 4.79 Å². The lowest BCUT2D eigenvalue weighted by atomic mass is 9.93. The Morgan fingerprint density at radius 1 is 1.37 bits per heavy atom. The Morgan fingerprint density at radius 2 is 2.00 bits per heavy atom. The Balaban J connectivity index is 0.00000324. The van der Waals surface area contributed by atoms with Crippen molar-refractivity contribution in [3.05, 3.63) is 0 Å². The second kappa shape index (κ2) is 10.5. The summed E-state index contributed by atoms with van der Waals surface area (Å²) in [4.78, 5) is 12.1. The van der Waals surface area contributed by atoms with Gasteiger partial charge in [-0.25, -0.2) is 0 Å². The summed E-state index contributed by atoms with van der Waals surface area (Å²) in [6, 6.07) is 0.170. The van der Waals surface area contributed by atoms with Gasteiger partial charge >= 0.3 is 0 Å². The van der Waals surface area contributed by atoms with Gasteiger partial charge in [-0.15, -0.1) is 12.4 Å². The van der Waals surface area contributed by atoms with E-state index in [1.54, 1.807) is 0 Å². The lowest BCUT2D eigenvalue weighted by Crippen LogP contribution is -2.42. The van der Waals surface area contributed by atoms with Crippen LogP contribution < -0.4 is 11.1 Å². The highest BCUT2D eigenvalue weighted by molar-refractivity contribution is 5.85. The zero-order valence-corrected chi connectivity index (χ0v) is 13.3. The number of rotatable bonds is 8. The molecule has 3 nitrogen and oxygen atoms in total. The first-order valence-corrected chi connectivity index (χ1v) is 7.67. The molecule has 19 heavy (non-hydrogen) atoms.